The molecule has 0 saturated carbocycles. The van der Waals surface area contributed by atoms with Crippen LogP contribution in [0.5, 0.6) is 0 Å². The Hall–Kier alpha value is -2.57. The van der Waals surface area contributed by atoms with E-state index in [4.69, 9.17) is 0 Å². The van der Waals surface area contributed by atoms with Crippen LogP contribution in [0.1, 0.15) is 0 Å². The number of fused-ring (bicyclic) bond motifs is 2. The fraction of sp³-hybridized carbons (Fsp3) is 0. The van der Waals surface area contributed by atoms with E-state index in [2.05, 4.69) is 138 Å². The molecule has 0 unspecified atom stereocenters. The SMILES string of the molecule is [CH2]=[Zr+2].[Cl-].[Cl-].c1ccc(-c2c[cH-]c3ccccc23)cc1.c1ccc(-c2c[cH-]c3ccccc23)cc1. The second-order valence-electron chi connectivity index (χ2n) is 7.40. The van der Waals surface area contributed by atoms with Crippen LogP contribution in [0.15, 0.2) is 133 Å². The normalized spacial score (nSPS) is 9.59. The topological polar surface area (TPSA) is 0 Å². The van der Waals surface area contributed by atoms with E-state index in [1.165, 1.54) is 68.0 Å². The molecule has 0 saturated heterocycles. The van der Waals surface area contributed by atoms with E-state index < -0.39 is 0 Å². The third-order valence-corrected chi connectivity index (χ3v) is 5.53. The van der Waals surface area contributed by atoms with Gasteiger partial charge in [0.15, 0.2) is 0 Å². The van der Waals surface area contributed by atoms with Crippen LogP contribution in [0, 0.1) is 0 Å². The molecule has 0 amide bonds. The summed E-state index contributed by atoms with van der Waals surface area (Å²) in [5.74, 6) is 0. The van der Waals surface area contributed by atoms with E-state index in [0.29, 0.717) is 0 Å². The molecule has 6 aromatic rings. The van der Waals surface area contributed by atoms with E-state index >= 15 is 0 Å². The van der Waals surface area contributed by atoms with Gasteiger partial charge in [0.1, 0.15) is 0 Å². The molecule has 0 spiro atoms. The molecule has 6 rings (SSSR count). The largest absolute Gasteiger partial charge is 1.00 e. The third-order valence-electron chi connectivity index (χ3n) is 5.53. The van der Waals surface area contributed by atoms with Gasteiger partial charge in [-0.1, -0.05) is 83.9 Å². The molecule has 0 heterocycles. The van der Waals surface area contributed by atoms with Crippen molar-refractivity contribution in [2.24, 2.45) is 0 Å². The van der Waals surface area contributed by atoms with Crippen molar-refractivity contribution in [2.45, 2.75) is 0 Å². The molecule has 0 aromatic heterocycles. The van der Waals surface area contributed by atoms with Crippen LogP contribution >= 0.6 is 0 Å². The van der Waals surface area contributed by atoms with Gasteiger partial charge in [-0.15, -0.1) is 93.3 Å². The van der Waals surface area contributed by atoms with E-state index in [1.807, 2.05) is 0 Å². The Morgan fingerprint density at radius 1 is 0.441 bits per heavy atom. The fourth-order valence-electron chi connectivity index (χ4n) is 4.04. The summed E-state index contributed by atoms with van der Waals surface area (Å²) in [6.45, 7) is 0. The molecule has 0 aliphatic carbocycles. The minimum absolute atomic E-state index is 0. The summed E-state index contributed by atoms with van der Waals surface area (Å²) in [4.78, 5) is 0. The molecule has 34 heavy (non-hydrogen) atoms. The van der Waals surface area contributed by atoms with E-state index in [-0.39, 0.29) is 24.8 Å². The molecule has 3 heteroatoms. The van der Waals surface area contributed by atoms with Crippen molar-refractivity contribution in [1.82, 2.24) is 0 Å². The number of hydrogen-bond donors (Lipinski definition) is 0. The predicted octanol–water partition coefficient (Wildman–Crippen LogP) is 2.42. The van der Waals surface area contributed by atoms with Gasteiger partial charge >= 0.3 is 28.4 Å². The van der Waals surface area contributed by atoms with Gasteiger partial charge in [-0.25, -0.2) is 0 Å². The monoisotopic (exact) mass is 556 g/mol. The fourth-order valence-corrected chi connectivity index (χ4v) is 4.04. The van der Waals surface area contributed by atoms with Crippen LogP contribution in [-0.4, -0.2) is 4.21 Å². The van der Waals surface area contributed by atoms with Crippen LogP contribution in [0.3, 0.4) is 0 Å². The summed E-state index contributed by atoms with van der Waals surface area (Å²) in [5.41, 5.74) is 5.23. The Kier molecular flexibility index (Phi) is 11.4. The first-order valence-electron chi connectivity index (χ1n) is 10.7. The summed E-state index contributed by atoms with van der Waals surface area (Å²) in [5, 5.41) is 5.31. The van der Waals surface area contributed by atoms with Gasteiger partial charge in [0.25, 0.3) is 0 Å². The van der Waals surface area contributed by atoms with Gasteiger partial charge in [-0.3, -0.25) is 0 Å². The van der Waals surface area contributed by atoms with Gasteiger partial charge in [-0.05, 0) is 0 Å². The van der Waals surface area contributed by atoms with Crippen molar-refractivity contribution in [3.63, 3.8) is 0 Å². The van der Waals surface area contributed by atoms with E-state index in [1.54, 1.807) is 0 Å². The molecule has 0 aliphatic heterocycles. The second kappa shape index (κ2) is 14.0. The number of benzene rings is 4. The Bertz CT molecular complexity index is 1290. The zero-order valence-electron chi connectivity index (χ0n) is 18.7. The van der Waals surface area contributed by atoms with Gasteiger partial charge in [-0.2, -0.15) is 0 Å². The number of hydrogen-bond acceptors (Lipinski definition) is 0. The minimum Gasteiger partial charge on any atom is -1.00 e. The molecular formula is C31H24Cl2Zr-2. The van der Waals surface area contributed by atoms with Gasteiger partial charge < -0.3 is 24.8 Å². The Morgan fingerprint density at radius 2 is 0.765 bits per heavy atom. The van der Waals surface area contributed by atoms with Crippen LogP contribution in [0.25, 0.3) is 43.8 Å². The summed E-state index contributed by atoms with van der Waals surface area (Å²) in [6, 6.07) is 46.8. The maximum Gasteiger partial charge on any atom is -0.0623 e. The van der Waals surface area contributed by atoms with Gasteiger partial charge in [0.05, 0.1) is 0 Å². The third kappa shape index (κ3) is 6.30. The first-order valence-corrected chi connectivity index (χ1v) is 12.4. The minimum atomic E-state index is 0. The molecule has 6 aromatic carbocycles. The standard InChI is InChI=1S/2C15H11.CH2.2ClH.Zr/c2*1-2-6-12(7-3-1)15-11-10-13-8-4-5-9-14(13)15;;;;/h2*1-11H;1H2;2*1H;/q2*-1;;;;+2/p-2. The zero-order valence-corrected chi connectivity index (χ0v) is 22.6. The van der Waals surface area contributed by atoms with Crippen molar-refractivity contribution in [1.29, 1.82) is 0 Å². The van der Waals surface area contributed by atoms with Crippen molar-refractivity contribution < 1.29 is 49.0 Å². The predicted molar refractivity (Wildman–Crippen MR) is 137 cm³/mol. The molecule has 168 valence electrons. The first kappa shape index (κ1) is 27.7. The van der Waals surface area contributed by atoms with E-state index in [0.717, 1.165) is 0 Å². The molecule has 0 radical (unpaired) electrons. The van der Waals surface area contributed by atoms with E-state index in [9.17, 15) is 0 Å². The summed E-state index contributed by atoms with van der Waals surface area (Å²) in [7, 11) is 0. The first-order chi connectivity index (χ1) is 15.9. The van der Waals surface area contributed by atoms with Crippen LogP contribution < -0.4 is 24.8 Å². The van der Waals surface area contributed by atoms with Crippen LogP contribution in [0.4, 0.5) is 0 Å². The van der Waals surface area contributed by atoms with Crippen molar-refractivity contribution in [2.75, 3.05) is 0 Å². The maximum absolute atomic E-state index is 3.34. The van der Waals surface area contributed by atoms with Crippen LogP contribution in [-0.2, 0) is 24.2 Å². The van der Waals surface area contributed by atoms with Gasteiger partial charge in [0.2, 0.25) is 0 Å². The number of rotatable bonds is 2. The Morgan fingerprint density at radius 3 is 1.15 bits per heavy atom. The quantitative estimate of drug-likeness (QED) is 0.287. The van der Waals surface area contributed by atoms with Gasteiger partial charge in [0, 0.05) is 0 Å². The molecule has 0 nitrogen and oxygen atoms in total. The number of halogens is 2. The molecule has 0 N–H and O–H groups in total. The molecule has 0 bridgehead atoms. The molecular weight excluding hydrogens is 534 g/mol. The molecule has 0 aliphatic rings. The zero-order chi connectivity index (χ0) is 22.2. The molecule has 0 atom stereocenters. The Balaban J connectivity index is 0.000000212. The van der Waals surface area contributed by atoms with Crippen molar-refractivity contribution in [3.8, 4) is 22.3 Å². The summed E-state index contributed by atoms with van der Waals surface area (Å²) in [6.07, 6.45) is 0. The second-order valence-corrected chi connectivity index (χ2v) is 7.40. The Labute approximate surface area is 229 Å². The maximum atomic E-state index is 3.34. The molecule has 0 fully saturated rings. The average Bonchev–Trinajstić information content (AvgIpc) is 3.51. The van der Waals surface area contributed by atoms with Crippen molar-refractivity contribution >= 4 is 25.8 Å². The smallest absolute Gasteiger partial charge is 0.0623 e. The average molecular weight is 559 g/mol. The van der Waals surface area contributed by atoms with Crippen molar-refractivity contribution in [3.05, 3.63) is 133 Å². The summed E-state index contributed by atoms with van der Waals surface area (Å²) >= 11 is 1.30. The van der Waals surface area contributed by atoms with Crippen LogP contribution in [0.2, 0.25) is 0 Å². The summed E-state index contributed by atoms with van der Waals surface area (Å²) < 4.78 is 3.34.